The predicted octanol–water partition coefficient (Wildman–Crippen LogP) is 3.16. The van der Waals surface area contributed by atoms with Gasteiger partial charge in [-0.3, -0.25) is 4.39 Å². The first-order valence-corrected chi connectivity index (χ1v) is 8.58. The monoisotopic (exact) mass is 416 g/mol. The SMILES string of the molecule is CC1CCC(c2ccc(COc3cc[c-]c(Cl)c3F)cc2)CC1.[Rb+]. The Bertz CT molecular complexity index is 651. The van der Waals surface area contributed by atoms with E-state index >= 15 is 0 Å². The van der Waals surface area contributed by atoms with Crippen LogP contribution in [0.4, 0.5) is 4.39 Å². The first-order valence-electron chi connectivity index (χ1n) is 8.21. The van der Waals surface area contributed by atoms with E-state index in [0.717, 1.165) is 11.5 Å². The third kappa shape index (κ3) is 5.38. The summed E-state index contributed by atoms with van der Waals surface area (Å²) in [5, 5.41) is -0.0376. The summed E-state index contributed by atoms with van der Waals surface area (Å²) in [6.07, 6.45) is 5.20. The fraction of sp³-hybridized carbons (Fsp3) is 0.400. The van der Waals surface area contributed by atoms with Gasteiger partial charge in [-0.15, -0.1) is 17.7 Å². The minimum atomic E-state index is -0.554. The van der Waals surface area contributed by atoms with Crippen molar-refractivity contribution in [2.45, 2.75) is 45.1 Å². The van der Waals surface area contributed by atoms with Gasteiger partial charge in [-0.2, -0.15) is 12.1 Å². The van der Waals surface area contributed by atoms with Crippen LogP contribution in [0.25, 0.3) is 0 Å². The van der Waals surface area contributed by atoms with Crippen molar-refractivity contribution in [3.63, 3.8) is 0 Å². The zero-order valence-corrected chi connectivity index (χ0v) is 20.0. The van der Waals surface area contributed by atoms with E-state index in [1.165, 1.54) is 31.2 Å². The molecule has 3 rings (SSSR count). The molecule has 0 spiro atoms. The molecule has 24 heavy (non-hydrogen) atoms. The van der Waals surface area contributed by atoms with Gasteiger partial charge in [0.05, 0.1) is 5.82 Å². The van der Waals surface area contributed by atoms with Gasteiger partial charge in [0.1, 0.15) is 6.61 Å². The number of ether oxygens (including phenoxy) is 1. The van der Waals surface area contributed by atoms with Crippen LogP contribution in [0.3, 0.4) is 0 Å². The summed E-state index contributed by atoms with van der Waals surface area (Å²) < 4.78 is 19.3. The van der Waals surface area contributed by atoms with Crippen molar-refractivity contribution in [1.82, 2.24) is 0 Å². The van der Waals surface area contributed by atoms with E-state index in [1.54, 1.807) is 12.1 Å². The summed E-state index contributed by atoms with van der Waals surface area (Å²) in [7, 11) is 0. The fourth-order valence-corrected chi connectivity index (χ4v) is 3.34. The topological polar surface area (TPSA) is 9.23 Å². The largest absolute Gasteiger partial charge is 1.00 e. The molecular weight excluding hydrogens is 396 g/mol. The summed E-state index contributed by atoms with van der Waals surface area (Å²) in [5.41, 5.74) is 2.44. The maximum absolute atomic E-state index is 13.8. The molecule has 0 aliphatic heterocycles. The van der Waals surface area contributed by atoms with Crippen LogP contribution in [0, 0.1) is 17.8 Å². The number of halogens is 2. The van der Waals surface area contributed by atoms with Crippen LogP contribution >= 0.6 is 11.6 Å². The molecule has 0 unspecified atom stereocenters. The molecule has 1 aliphatic carbocycles. The average Bonchev–Trinajstić information content (AvgIpc) is 2.57. The van der Waals surface area contributed by atoms with Crippen molar-refractivity contribution >= 4 is 11.6 Å². The predicted molar refractivity (Wildman–Crippen MR) is 91.4 cm³/mol. The van der Waals surface area contributed by atoms with Crippen LogP contribution in [0.1, 0.15) is 49.7 Å². The Morgan fingerprint density at radius 2 is 1.79 bits per heavy atom. The Morgan fingerprint density at radius 1 is 1.12 bits per heavy atom. The standard InChI is InChI=1S/C20H21ClFO.Rb/c1-14-5-9-16(10-6-14)17-11-7-15(8-12-17)13-23-19-4-2-3-18(21)20(19)22;/h2,4,7-8,11-12,14,16H,5-6,9-10,13H2,1H3;/q-1;+1. The van der Waals surface area contributed by atoms with Crippen molar-refractivity contribution in [3.05, 3.63) is 64.4 Å². The first kappa shape index (κ1) is 20.6. The van der Waals surface area contributed by atoms with Crippen LogP contribution in [0.5, 0.6) is 5.75 Å². The van der Waals surface area contributed by atoms with Gasteiger partial charge in [-0.05, 0) is 40.8 Å². The fourth-order valence-electron chi connectivity index (χ4n) is 3.19. The summed E-state index contributed by atoms with van der Waals surface area (Å²) in [4.78, 5) is 0. The van der Waals surface area contributed by atoms with E-state index in [0.29, 0.717) is 12.5 Å². The minimum absolute atomic E-state index is 0. The quantitative estimate of drug-likeness (QED) is 0.695. The van der Waals surface area contributed by atoms with Gasteiger partial charge in [0.25, 0.3) is 0 Å². The maximum atomic E-state index is 13.8. The van der Waals surface area contributed by atoms with Crippen LogP contribution < -0.4 is 62.9 Å². The molecule has 2 aromatic rings. The molecule has 1 saturated carbocycles. The van der Waals surface area contributed by atoms with Gasteiger partial charge in [0.2, 0.25) is 0 Å². The molecule has 0 saturated heterocycles. The van der Waals surface area contributed by atoms with Crippen LogP contribution in [-0.2, 0) is 6.61 Å². The van der Waals surface area contributed by atoms with Crippen LogP contribution in [-0.4, -0.2) is 0 Å². The molecule has 1 fully saturated rings. The molecule has 4 heteroatoms. The van der Waals surface area contributed by atoms with E-state index in [-0.39, 0.29) is 69.0 Å². The molecule has 0 aromatic heterocycles. The number of benzene rings is 2. The number of hydrogen-bond acceptors (Lipinski definition) is 1. The van der Waals surface area contributed by atoms with E-state index in [4.69, 9.17) is 16.3 Å². The first-order chi connectivity index (χ1) is 11.1. The molecule has 0 radical (unpaired) electrons. The van der Waals surface area contributed by atoms with Crippen molar-refractivity contribution < 1.29 is 67.3 Å². The molecule has 122 valence electrons. The van der Waals surface area contributed by atoms with Gasteiger partial charge in [-0.1, -0.05) is 44.0 Å². The van der Waals surface area contributed by atoms with Crippen LogP contribution in [0.2, 0.25) is 5.02 Å². The van der Waals surface area contributed by atoms with Gasteiger partial charge in [0, 0.05) is 5.75 Å². The molecule has 0 heterocycles. The Kier molecular flexibility index (Phi) is 8.42. The van der Waals surface area contributed by atoms with Crippen molar-refractivity contribution in [1.29, 1.82) is 0 Å². The Morgan fingerprint density at radius 3 is 2.46 bits per heavy atom. The molecule has 0 amide bonds. The normalized spacial score (nSPS) is 20.3. The van der Waals surface area contributed by atoms with Gasteiger partial charge >= 0.3 is 58.2 Å². The molecule has 1 nitrogen and oxygen atoms in total. The van der Waals surface area contributed by atoms with E-state index in [9.17, 15) is 4.39 Å². The zero-order valence-electron chi connectivity index (χ0n) is 14.3. The smallest absolute Gasteiger partial charge is 0.511 e. The zero-order chi connectivity index (χ0) is 16.2. The summed E-state index contributed by atoms with van der Waals surface area (Å²) in [6.45, 7) is 2.67. The van der Waals surface area contributed by atoms with E-state index in [1.807, 2.05) is 0 Å². The van der Waals surface area contributed by atoms with Crippen molar-refractivity contribution in [2.75, 3.05) is 0 Å². The number of rotatable bonds is 4. The molecular formula is C20H21ClFORb. The second-order valence-corrected chi connectivity index (χ2v) is 6.83. The summed E-state index contributed by atoms with van der Waals surface area (Å²) >= 11 is 5.70. The number of hydrogen-bond donors (Lipinski definition) is 0. The molecule has 1 aliphatic rings. The Hall–Kier alpha value is 0.265. The third-order valence-corrected chi connectivity index (χ3v) is 4.99. The van der Waals surface area contributed by atoms with Gasteiger partial charge < -0.3 is 4.74 Å². The molecule has 2 aromatic carbocycles. The van der Waals surface area contributed by atoms with Gasteiger partial charge in [0.15, 0.2) is 0 Å². The van der Waals surface area contributed by atoms with E-state index < -0.39 is 5.82 Å². The Labute approximate surface area is 197 Å². The van der Waals surface area contributed by atoms with Crippen LogP contribution in [0.15, 0.2) is 36.4 Å². The molecule has 0 atom stereocenters. The van der Waals surface area contributed by atoms with Crippen molar-refractivity contribution in [2.24, 2.45) is 5.92 Å². The second-order valence-electron chi connectivity index (χ2n) is 6.46. The summed E-state index contributed by atoms with van der Waals surface area (Å²) in [6, 6.07) is 14.2. The Balaban J connectivity index is 0.00000208. The average molecular weight is 417 g/mol. The van der Waals surface area contributed by atoms with Gasteiger partial charge in [-0.25, -0.2) is 0 Å². The molecule has 0 N–H and O–H groups in total. The summed E-state index contributed by atoms with van der Waals surface area (Å²) in [5.74, 6) is 1.16. The minimum Gasteiger partial charge on any atom is -0.511 e. The van der Waals surface area contributed by atoms with E-state index in [2.05, 4.69) is 37.3 Å². The van der Waals surface area contributed by atoms with Crippen molar-refractivity contribution in [3.8, 4) is 5.75 Å². The third-order valence-electron chi connectivity index (χ3n) is 4.72. The molecule has 0 bridgehead atoms. The second kappa shape index (κ2) is 9.82. The maximum Gasteiger partial charge on any atom is 1.00 e.